The van der Waals surface area contributed by atoms with Crippen molar-refractivity contribution in [2.45, 2.75) is 30.8 Å². The van der Waals surface area contributed by atoms with Crippen LogP contribution in [-0.2, 0) is 21.1 Å². The van der Waals surface area contributed by atoms with Gasteiger partial charge in [0.15, 0.2) is 9.84 Å². The molecule has 0 radical (unpaired) electrons. The molecule has 2 fully saturated rings. The molecule has 0 bridgehead atoms. The van der Waals surface area contributed by atoms with Crippen LogP contribution in [0.3, 0.4) is 0 Å². The molecule has 2 aliphatic heterocycles. The molecule has 3 atom stereocenters. The SMILES string of the molecule is CN(C)[C@@H]1CN(C2CCc3cccc(F)c32)C[C@H]1c1ccc(N2CCN(C(=O)CS(C)(=O)=O)CC2)nc1. The van der Waals surface area contributed by atoms with Crippen molar-refractivity contribution in [3.05, 3.63) is 59.0 Å². The van der Waals surface area contributed by atoms with Crippen molar-refractivity contribution in [2.75, 3.05) is 70.3 Å². The molecule has 1 aliphatic carbocycles. The Hall–Kier alpha value is -2.56. The van der Waals surface area contributed by atoms with Crippen LogP contribution < -0.4 is 4.90 Å². The van der Waals surface area contributed by atoms with E-state index >= 15 is 0 Å². The minimum absolute atomic E-state index is 0.0889. The molecule has 0 spiro atoms. The second-order valence-electron chi connectivity index (χ2n) is 10.8. The van der Waals surface area contributed by atoms with Gasteiger partial charge in [-0.15, -0.1) is 0 Å². The number of benzene rings is 1. The Morgan fingerprint density at radius 3 is 2.51 bits per heavy atom. The summed E-state index contributed by atoms with van der Waals surface area (Å²) in [6.45, 7) is 3.96. The van der Waals surface area contributed by atoms with Crippen molar-refractivity contribution < 1.29 is 17.6 Å². The molecule has 3 aliphatic rings. The summed E-state index contributed by atoms with van der Waals surface area (Å²) in [6.07, 6.45) is 4.93. The number of sulfone groups is 1. The van der Waals surface area contributed by atoms with Gasteiger partial charge in [-0.1, -0.05) is 18.2 Å². The first kappa shape index (κ1) is 26.1. The highest BCUT2D eigenvalue weighted by atomic mass is 32.2. The number of carbonyl (C=O) groups is 1. The van der Waals surface area contributed by atoms with Crippen LogP contribution in [0.15, 0.2) is 36.5 Å². The van der Waals surface area contributed by atoms with Gasteiger partial charge in [-0.05, 0) is 50.2 Å². The smallest absolute Gasteiger partial charge is 0.237 e. The summed E-state index contributed by atoms with van der Waals surface area (Å²) in [5, 5.41) is 0. The van der Waals surface area contributed by atoms with E-state index in [4.69, 9.17) is 4.98 Å². The number of likely N-dealkylation sites (tertiary alicyclic amines) is 1. The molecule has 1 unspecified atom stereocenters. The first-order valence-corrected chi connectivity index (χ1v) is 15.0. The summed E-state index contributed by atoms with van der Waals surface area (Å²) in [4.78, 5) is 25.5. The van der Waals surface area contributed by atoms with Gasteiger partial charge in [0, 0.05) is 75.3 Å². The average molecular weight is 530 g/mol. The van der Waals surface area contributed by atoms with Crippen LogP contribution in [0.5, 0.6) is 0 Å². The molecule has 5 rings (SSSR count). The standard InChI is InChI=1S/C27H36FN5O3S/c1-30(2)24-17-33(23-9-7-19-5-4-6-22(28)27(19)23)16-21(24)20-8-10-25(29-15-20)31-11-13-32(14-12-31)26(34)18-37(3,35)36/h4-6,8,10,15,21,23-24H,7,9,11-14,16-18H2,1-3H3/t21-,23?,24+/m0/s1. The molecule has 8 nitrogen and oxygen atoms in total. The van der Waals surface area contributed by atoms with E-state index < -0.39 is 15.6 Å². The van der Waals surface area contributed by atoms with Gasteiger partial charge in [-0.2, -0.15) is 0 Å². The minimum Gasteiger partial charge on any atom is -0.353 e. The number of piperazine rings is 1. The number of pyridine rings is 1. The fourth-order valence-corrected chi connectivity index (χ4v) is 6.83. The van der Waals surface area contributed by atoms with E-state index in [9.17, 15) is 17.6 Å². The highest BCUT2D eigenvalue weighted by Crippen LogP contribution is 2.42. The number of likely N-dealkylation sites (N-methyl/N-ethyl adjacent to an activating group) is 1. The number of aryl methyl sites for hydroxylation is 1. The first-order valence-electron chi connectivity index (χ1n) is 12.9. The topological polar surface area (TPSA) is 77.1 Å². The summed E-state index contributed by atoms with van der Waals surface area (Å²) in [7, 11) is 0.885. The summed E-state index contributed by atoms with van der Waals surface area (Å²) < 4.78 is 37.6. The molecule has 0 saturated carbocycles. The molecular formula is C27H36FN5O3S. The number of hydrogen-bond donors (Lipinski definition) is 0. The van der Waals surface area contributed by atoms with Crippen LogP contribution in [0, 0.1) is 5.82 Å². The second-order valence-corrected chi connectivity index (χ2v) is 13.0. The van der Waals surface area contributed by atoms with E-state index in [1.807, 2.05) is 18.3 Å². The maximum Gasteiger partial charge on any atom is 0.237 e. The van der Waals surface area contributed by atoms with Gasteiger partial charge in [0.25, 0.3) is 0 Å². The Morgan fingerprint density at radius 1 is 1.11 bits per heavy atom. The molecule has 200 valence electrons. The van der Waals surface area contributed by atoms with Gasteiger partial charge in [-0.3, -0.25) is 9.69 Å². The van der Waals surface area contributed by atoms with Crippen molar-refractivity contribution in [3.8, 4) is 0 Å². The zero-order chi connectivity index (χ0) is 26.3. The van der Waals surface area contributed by atoms with Crippen molar-refractivity contribution in [2.24, 2.45) is 0 Å². The van der Waals surface area contributed by atoms with Gasteiger partial charge in [0.2, 0.25) is 5.91 Å². The summed E-state index contributed by atoms with van der Waals surface area (Å²) in [5.74, 6) is 0.273. The van der Waals surface area contributed by atoms with E-state index in [0.717, 1.165) is 49.1 Å². The molecule has 10 heteroatoms. The summed E-state index contributed by atoms with van der Waals surface area (Å²) >= 11 is 0. The van der Waals surface area contributed by atoms with Crippen LogP contribution in [0.2, 0.25) is 0 Å². The van der Waals surface area contributed by atoms with Gasteiger partial charge < -0.3 is 14.7 Å². The van der Waals surface area contributed by atoms with Crippen molar-refractivity contribution in [1.82, 2.24) is 19.7 Å². The number of hydrogen-bond acceptors (Lipinski definition) is 7. The minimum atomic E-state index is -3.33. The van der Waals surface area contributed by atoms with E-state index in [1.165, 1.54) is 5.56 Å². The number of halogens is 1. The Labute approximate surface area is 219 Å². The Kier molecular flexibility index (Phi) is 7.26. The number of nitrogens with zero attached hydrogens (tertiary/aromatic N) is 5. The largest absolute Gasteiger partial charge is 0.353 e. The number of aromatic nitrogens is 1. The molecular weight excluding hydrogens is 493 g/mol. The van der Waals surface area contributed by atoms with Crippen molar-refractivity contribution in [1.29, 1.82) is 0 Å². The van der Waals surface area contributed by atoms with Crippen LogP contribution in [-0.4, -0.2) is 105 Å². The lowest BCUT2D eigenvalue weighted by atomic mass is 9.95. The molecule has 37 heavy (non-hydrogen) atoms. The van der Waals surface area contributed by atoms with E-state index in [-0.39, 0.29) is 23.7 Å². The third-order valence-electron chi connectivity index (χ3n) is 8.13. The number of amides is 1. The maximum absolute atomic E-state index is 14.7. The Bertz CT molecular complexity index is 1250. The molecule has 1 aromatic carbocycles. The van der Waals surface area contributed by atoms with E-state index in [1.54, 1.807) is 11.0 Å². The fraction of sp³-hybridized carbons (Fsp3) is 0.556. The molecule has 1 aromatic heterocycles. The van der Waals surface area contributed by atoms with Gasteiger partial charge in [0.1, 0.15) is 17.4 Å². The number of fused-ring (bicyclic) bond motifs is 1. The highest BCUT2D eigenvalue weighted by molar-refractivity contribution is 7.91. The average Bonchev–Trinajstić information content (AvgIpc) is 3.49. The molecule has 2 saturated heterocycles. The normalized spacial score (nSPS) is 24.6. The molecule has 3 heterocycles. The zero-order valence-corrected chi connectivity index (χ0v) is 22.6. The van der Waals surface area contributed by atoms with Gasteiger partial charge in [-0.25, -0.2) is 17.8 Å². The number of rotatable bonds is 6. The number of carbonyl (C=O) groups excluding carboxylic acids is 1. The fourth-order valence-electron chi connectivity index (χ4n) is 6.20. The van der Waals surface area contributed by atoms with Crippen LogP contribution in [0.4, 0.5) is 10.2 Å². The van der Waals surface area contributed by atoms with E-state index in [0.29, 0.717) is 32.2 Å². The summed E-state index contributed by atoms with van der Waals surface area (Å²) in [6, 6.07) is 10.1. The van der Waals surface area contributed by atoms with Crippen LogP contribution >= 0.6 is 0 Å². The molecule has 0 N–H and O–H groups in total. The maximum atomic E-state index is 14.7. The lowest BCUT2D eigenvalue weighted by Crippen LogP contribution is -2.50. The van der Waals surface area contributed by atoms with Crippen molar-refractivity contribution in [3.63, 3.8) is 0 Å². The Balaban J connectivity index is 1.25. The van der Waals surface area contributed by atoms with Crippen LogP contribution in [0.1, 0.15) is 35.1 Å². The third kappa shape index (κ3) is 5.51. The monoisotopic (exact) mass is 529 g/mol. The lowest BCUT2D eigenvalue weighted by molar-refractivity contribution is -0.128. The summed E-state index contributed by atoms with van der Waals surface area (Å²) in [5.41, 5.74) is 3.20. The van der Waals surface area contributed by atoms with Gasteiger partial charge >= 0.3 is 0 Å². The third-order valence-corrected chi connectivity index (χ3v) is 8.90. The highest BCUT2D eigenvalue weighted by Gasteiger charge is 2.41. The number of anilines is 1. The predicted octanol–water partition coefficient (Wildman–Crippen LogP) is 1.93. The molecule has 2 aromatic rings. The predicted molar refractivity (Wildman–Crippen MR) is 142 cm³/mol. The van der Waals surface area contributed by atoms with Crippen molar-refractivity contribution >= 4 is 21.6 Å². The van der Waals surface area contributed by atoms with Gasteiger partial charge in [0.05, 0.1) is 0 Å². The second kappa shape index (κ2) is 10.3. The quantitative estimate of drug-likeness (QED) is 0.566. The zero-order valence-electron chi connectivity index (χ0n) is 21.8. The Morgan fingerprint density at radius 2 is 1.86 bits per heavy atom. The molecule has 1 amide bonds. The first-order chi connectivity index (χ1) is 17.6. The van der Waals surface area contributed by atoms with E-state index in [2.05, 4.69) is 40.9 Å². The van der Waals surface area contributed by atoms with Crippen LogP contribution in [0.25, 0.3) is 0 Å². The lowest BCUT2D eigenvalue weighted by Gasteiger charge is -2.35.